The Labute approximate surface area is 120 Å². The van der Waals surface area contributed by atoms with Crippen molar-refractivity contribution in [3.05, 3.63) is 63.6 Å². The standard InChI is InChI=1S/C14H13N3O2S/c1-8-6-12(18)11(7-16-8)14(19)17-10-4-2-9(3-5-10)13(15)20/h2-7H,1H3,(H2,15,20)(H,16,18)(H,17,19). The van der Waals surface area contributed by atoms with Crippen molar-refractivity contribution in [2.24, 2.45) is 5.73 Å². The van der Waals surface area contributed by atoms with E-state index in [4.69, 9.17) is 18.0 Å². The number of benzene rings is 1. The van der Waals surface area contributed by atoms with Gasteiger partial charge in [-0.3, -0.25) is 9.59 Å². The van der Waals surface area contributed by atoms with Crippen molar-refractivity contribution in [3.63, 3.8) is 0 Å². The first kappa shape index (κ1) is 14.0. The van der Waals surface area contributed by atoms with Gasteiger partial charge in [0.05, 0.1) is 0 Å². The van der Waals surface area contributed by atoms with Crippen LogP contribution in [0.15, 0.2) is 41.3 Å². The maximum Gasteiger partial charge on any atom is 0.261 e. The highest BCUT2D eigenvalue weighted by Crippen LogP contribution is 2.10. The van der Waals surface area contributed by atoms with Gasteiger partial charge in [-0.1, -0.05) is 12.2 Å². The number of carbonyl (C=O) groups excluding carboxylic acids is 1. The molecule has 4 N–H and O–H groups in total. The molecule has 0 aliphatic rings. The van der Waals surface area contributed by atoms with Crippen molar-refractivity contribution in [3.8, 4) is 0 Å². The number of amides is 1. The second kappa shape index (κ2) is 5.66. The fourth-order valence-electron chi connectivity index (χ4n) is 1.67. The monoisotopic (exact) mass is 287 g/mol. The topological polar surface area (TPSA) is 88.0 Å². The van der Waals surface area contributed by atoms with Crippen LogP contribution < -0.4 is 16.5 Å². The molecule has 102 valence electrons. The number of anilines is 1. The Hall–Kier alpha value is -2.47. The summed E-state index contributed by atoms with van der Waals surface area (Å²) in [4.78, 5) is 26.8. The van der Waals surface area contributed by atoms with Gasteiger partial charge in [0.1, 0.15) is 10.6 Å². The molecule has 0 saturated heterocycles. The number of thiocarbonyl (C=S) groups is 1. The average Bonchev–Trinajstić information content (AvgIpc) is 2.39. The van der Waals surface area contributed by atoms with Crippen molar-refractivity contribution in [2.45, 2.75) is 6.92 Å². The number of nitrogens with one attached hydrogen (secondary N) is 2. The molecule has 0 radical (unpaired) electrons. The Kier molecular flexibility index (Phi) is 3.95. The van der Waals surface area contributed by atoms with Crippen LogP contribution in [0.25, 0.3) is 0 Å². The van der Waals surface area contributed by atoms with E-state index >= 15 is 0 Å². The average molecular weight is 287 g/mol. The van der Waals surface area contributed by atoms with E-state index in [0.717, 1.165) is 0 Å². The van der Waals surface area contributed by atoms with Gasteiger partial charge in [-0.2, -0.15) is 0 Å². The smallest absolute Gasteiger partial charge is 0.261 e. The number of aromatic nitrogens is 1. The van der Waals surface area contributed by atoms with Crippen LogP contribution in [0.2, 0.25) is 0 Å². The highest BCUT2D eigenvalue weighted by Gasteiger charge is 2.10. The van der Waals surface area contributed by atoms with E-state index in [1.165, 1.54) is 12.3 Å². The van der Waals surface area contributed by atoms with Gasteiger partial charge in [0.2, 0.25) is 0 Å². The summed E-state index contributed by atoms with van der Waals surface area (Å²) in [6.07, 6.45) is 1.40. The largest absolute Gasteiger partial charge is 0.389 e. The van der Waals surface area contributed by atoms with Crippen LogP contribution in [-0.4, -0.2) is 15.9 Å². The van der Waals surface area contributed by atoms with Crippen LogP contribution in [-0.2, 0) is 0 Å². The summed E-state index contributed by atoms with van der Waals surface area (Å²) in [6.45, 7) is 1.75. The summed E-state index contributed by atoms with van der Waals surface area (Å²) in [5, 5.41) is 2.64. The van der Waals surface area contributed by atoms with Gasteiger partial charge in [-0.05, 0) is 31.2 Å². The Morgan fingerprint density at radius 2 is 1.95 bits per heavy atom. The van der Waals surface area contributed by atoms with Gasteiger partial charge in [-0.15, -0.1) is 0 Å². The van der Waals surface area contributed by atoms with Crippen LogP contribution in [0.1, 0.15) is 21.6 Å². The van der Waals surface area contributed by atoms with Crippen molar-refractivity contribution >= 4 is 28.8 Å². The number of hydrogen-bond acceptors (Lipinski definition) is 3. The Balaban J connectivity index is 2.19. The first-order valence-corrected chi connectivity index (χ1v) is 6.29. The van der Waals surface area contributed by atoms with Gasteiger partial charge >= 0.3 is 0 Å². The molecule has 6 heteroatoms. The lowest BCUT2D eigenvalue weighted by atomic mass is 10.2. The summed E-state index contributed by atoms with van der Waals surface area (Å²) in [5.41, 5.74) is 7.21. The molecule has 1 heterocycles. The number of nitrogens with two attached hydrogens (primary N) is 1. The van der Waals surface area contributed by atoms with Crippen LogP contribution in [0, 0.1) is 6.92 Å². The lowest BCUT2D eigenvalue weighted by Gasteiger charge is -2.06. The molecular formula is C14H13N3O2S. The lowest BCUT2D eigenvalue weighted by molar-refractivity contribution is 0.102. The molecule has 0 atom stereocenters. The first-order valence-electron chi connectivity index (χ1n) is 5.88. The van der Waals surface area contributed by atoms with E-state index in [0.29, 0.717) is 16.9 Å². The molecule has 0 bridgehead atoms. The molecule has 1 amide bonds. The van der Waals surface area contributed by atoms with E-state index in [9.17, 15) is 9.59 Å². The number of aromatic amines is 1. The molecule has 0 spiro atoms. The Bertz CT molecular complexity index is 720. The highest BCUT2D eigenvalue weighted by atomic mass is 32.1. The lowest BCUT2D eigenvalue weighted by Crippen LogP contribution is -2.21. The summed E-state index contributed by atoms with van der Waals surface area (Å²) >= 11 is 4.84. The normalized spacial score (nSPS) is 10.1. The fourth-order valence-corrected chi connectivity index (χ4v) is 1.80. The first-order chi connectivity index (χ1) is 9.47. The molecule has 2 aromatic rings. The summed E-state index contributed by atoms with van der Waals surface area (Å²) in [6, 6.07) is 8.14. The van der Waals surface area contributed by atoms with E-state index in [-0.39, 0.29) is 16.0 Å². The zero-order chi connectivity index (χ0) is 14.7. The van der Waals surface area contributed by atoms with Gasteiger partial charge in [-0.25, -0.2) is 0 Å². The Morgan fingerprint density at radius 1 is 1.30 bits per heavy atom. The van der Waals surface area contributed by atoms with Gasteiger partial charge < -0.3 is 16.0 Å². The van der Waals surface area contributed by atoms with Crippen molar-refractivity contribution in [1.82, 2.24) is 4.98 Å². The van der Waals surface area contributed by atoms with Crippen molar-refractivity contribution in [1.29, 1.82) is 0 Å². The molecule has 0 unspecified atom stereocenters. The van der Waals surface area contributed by atoms with Crippen LogP contribution in [0.5, 0.6) is 0 Å². The predicted octanol–water partition coefficient (Wildman–Crippen LogP) is 1.57. The molecule has 0 aliphatic heterocycles. The molecule has 1 aromatic carbocycles. The minimum Gasteiger partial charge on any atom is -0.389 e. The number of aryl methyl sites for hydroxylation is 1. The maximum absolute atomic E-state index is 12.0. The second-order valence-corrected chi connectivity index (χ2v) is 4.73. The third-order valence-electron chi connectivity index (χ3n) is 2.73. The molecule has 0 saturated carbocycles. The van der Waals surface area contributed by atoms with E-state index < -0.39 is 5.91 Å². The van der Waals surface area contributed by atoms with Crippen LogP contribution in [0.3, 0.4) is 0 Å². The zero-order valence-corrected chi connectivity index (χ0v) is 11.6. The maximum atomic E-state index is 12.0. The molecule has 20 heavy (non-hydrogen) atoms. The highest BCUT2D eigenvalue weighted by molar-refractivity contribution is 7.80. The number of hydrogen-bond donors (Lipinski definition) is 3. The number of pyridine rings is 1. The predicted molar refractivity (Wildman–Crippen MR) is 82.1 cm³/mol. The summed E-state index contributed by atoms with van der Waals surface area (Å²) < 4.78 is 0. The number of carbonyl (C=O) groups is 1. The number of rotatable bonds is 3. The van der Waals surface area contributed by atoms with E-state index in [1.807, 2.05) is 0 Å². The minimum atomic E-state index is -0.464. The fraction of sp³-hybridized carbons (Fsp3) is 0.0714. The van der Waals surface area contributed by atoms with Crippen molar-refractivity contribution in [2.75, 3.05) is 5.32 Å². The Morgan fingerprint density at radius 3 is 2.50 bits per heavy atom. The van der Waals surface area contributed by atoms with E-state index in [2.05, 4.69) is 10.3 Å². The number of H-pyrrole nitrogens is 1. The third-order valence-corrected chi connectivity index (χ3v) is 2.96. The summed E-state index contributed by atoms with van der Waals surface area (Å²) in [7, 11) is 0. The van der Waals surface area contributed by atoms with Crippen LogP contribution >= 0.6 is 12.2 Å². The van der Waals surface area contributed by atoms with Gasteiger partial charge in [0.15, 0.2) is 5.43 Å². The molecule has 0 fully saturated rings. The van der Waals surface area contributed by atoms with Crippen molar-refractivity contribution < 1.29 is 4.79 Å². The molecule has 2 rings (SSSR count). The quantitative estimate of drug-likeness (QED) is 0.748. The van der Waals surface area contributed by atoms with Crippen LogP contribution in [0.4, 0.5) is 5.69 Å². The molecule has 0 aliphatic carbocycles. The molecule has 5 nitrogen and oxygen atoms in total. The molecule has 1 aromatic heterocycles. The van der Waals surface area contributed by atoms with Gasteiger partial charge in [0.25, 0.3) is 5.91 Å². The zero-order valence-electron chi connectivity index (χ0n) is 10.8. The second-order valence-electron chi connectivity index (χ2n) is 4.29. The van der Waals surface area contributed by atoms with Gasteiger partial charge in [0, 0.05) is 29.2 Å². The van der Waals surface area contributed by atoms with E-state index in [1.54, 1.807) is 31.2 Å². The minimum absolute atomic E-state index is 0.0639. The molecular weight excluding hydrogens is 274 g/mol. The third kappa shape index (κ3) is 3.10. The SMILES string of the molecule is Cc1cc(=O)c(C(=O)Nc2ccc(C(N)=S)cc2)c[nH]1. The summed E-state index contributed by atoms with van der Waals surface area (Å²) in [5.74, 6) is -0.464.